The van der Waals surface area contributed by atoms with Gasteiger partial charge in [0.15, 0.2) is 5.82 Å². The van der Waals surface area contributed by atoms with Crippen LogP contribution in [-0.2, 0) is 0 Å². The maximum absolute atomic E-state index is 5.54. The molecule has 0 radical (unpaired) electrons. The second-order valence-electron chi connectivity index (χ2n) is 3.38. The number of amidine groups is 1. The van der Waals surface area contributed by atoms with E-state index in [-0.39, 0.29) is 5.88 Å². The van der Waals surface area contributed by atoms with Gasteiger partial charge in [-0.3, -0.25) is 0 Å². The number of tetrazole rings is 1. The second kappa shape index (κ2) is 4.92. The summed E-state index contributed by atoms with van der Waals surface area (Å²) < 4.78 is 0. The molecule has 2 rings (SSSR count). The minimum atomic E-state index is 0.214. The summed E-state index contributed by atoms with van der Waals surface area (Å²) in [5.41, 5.74) is 7.09. The number of benzene rings is 1. The molecular weight excluding hydrogens is 240 g/mol. The Kier molecular flexibility index (Phi) is 3.34. The van der Waals surface area contributed by atoms with Crippen LogP contribution in [0.25, 0.3) is 5.69 Å². The Morgan fingerprint density at radius 1 is 1.41 bits per heavy atom. The van der Waals surface area contributed by atoms with E-state index < -0.39 is 0 Å². The number of aliphatic imine (C=N–C) groups is 1. The zero-order valence-electron chi connectivity index (χ0n) is 9.21. The fourth-order valence-corrected chi connectivity index (χ4v) is 1.31. The van der Waals surface area contributed by atoms with Gasteiger partial charge in [0, 0.05) is 0 Å². The normalized spacial score (nSPS) is 11.8. The highest BCUT2D eigenvalue weighted by Gasteiger charge is 2.00. The van der Waals surface area contributed by atoms with Crippen LogP contribution in [0.5, 0.6) is 0 Å². The minimum Gasteiger partial charge on any atom is -0.386 e. The molecule has 0 aliphatic heterocycles. The highest BCUT2D eigenvalue weighted by atomic mass is 35.5. The summed E-state index contributed by atoms with van der Waals surface area (Å²) in [7, 11) is 0. The van der Waals surface area contributed by atoms with Crippen LogP contribution < -0.4 is 5.73 Å². The molecule has 0 amide bonds. The van der Waals surface area contributed by atoms with Gasteiger partial charge >= 0.3 is 0 Å². The fourth-order valence-electron chi connectivity index (χ4n) is 1.25. The number of alkyl halides is 1. The molecule has 17 heavy (non-hydrogen) atoms. The number of halogens is 1. The van der Waals surface area contributed by atoms with Crippen molar-refractivity contribution in [2.45, 2.75) is 6.92 Å². The Bertz CT molecular complexity index is 530. The lowest BCUT2D eigenvalue weighted by atomic mass is 10.3. The smallest absolute Gasteiger partial charge is 0.172 e. The molecule has 0 aliphatic rings. The van der Waals surface area contributed by atoms with Crippen LogP contribution in [0.4, 0.5) is 5.69 Å². The van der Waals surface area contributed by atoms with Crippen LogP contribution in [0.3, 0.4) is 0 Å². The molecule has 0 aliphatic carbocycles. The van der Waals surface area contributed by atoms with Gasteiger partial charge in [-0.1, -0.05) is 0 Å². The first kappa shape index (κ1) is 11.5. The zero-order valence-corrected chi connectivity index (χ0v) is 9.96. The predicted molar refractivity (Wildman–Crippen MR) is 65.9 cm³/mol. The molecule has 1 heterocycles. The average molecular weight is 251 g/mol. The van der Waals surface area contributed by atoms with Crippen molar-refractivity contribution in [2.75, 3.05) is 5.88 Å². The van der Waals surface area contributed by atoms with Gasteiger partial charge in [-0.2, -0.15) is 0 Å². The molecule has 1 aromatic carbocycles. The second-order valence-corrected chi connectivity index (χ2v) is 3.65. The first-order valence-corrected chi connectivity index (χ1v) is 5.48. The van der Waals surface area contributed by atoms with E-state index in [1.54, 1.807) is 6.92 Å². The van der Waals surface area contributed by atoms with Gasteiger partial charge in [-0.05, 0) is 36.4 Å². The van der Waals surface area contributed by atoms with Gasteiger partial charge in [0.05, 0.1) is 17.3 Å². The number of hydrogen-bond donors (Lipinski definition) is 1. The van der Waals surface area contributed by atoms with Gasteiger partial charge in [-0.15, -0.1) is 26.6 Å². The molecule has 0 spiro atoms. The molecule has 6 nitrogen and oxygen atoms in total. The van der Waals surface area contributed by atoms with Gasteiger partial charge in [0.25, 0.3) is 0 Å². The molecule has 0 bridgehead atoms. The molecule has 7 heteroatoms. The topological polar surface area (TPSA) is 82.0 Å². The molecule has 0 unspecified atom stereocenters. The summed E-state index contributed by atoms with van der Waals surface area (Å²) in [6.45, 7) is 1.78. The quantitative estimate of drug-likeness (QED) is 0.504. The van der Waals surface area contributed by atoms with Crippen LogP contribution in [0, 0.1) is 6.92 Å². The molecule has 0 fully saturated rings. The number of aryl methyl sites for hydroxylation is 1. The molecule has 2 N–H and O–H groups in total. The Morgan fingerprint density at radius 3 is 2.65 bits per heavy atom. The van der Waals surface area contributed by atoms with Crippen molar-refractivity contribution in [1.82, 2.24) is 20.2 Å². The molecule has 2 aromatic rings. The molecule has 0 saturated carbocycles. The van der Waals surface area contributed by atoms with Crippen molar-refractivity contribution >= 4 is 23.1 Å². The van der Waals surface area contributed by atoms with E-state index in [2.05, 4.69) is 20.4 Å². The third-order valence-corrected chi connectivity index (χ3v) is 2.28. The van der Waals surface area contributed by atoms with E-state index >= 15 is 0 Å². The van der Waals surface area contributed by atoms with E-state index in [0.717, 1.165) is 11.4 Å². The van der Waals surface area contributed by atoms with Gasteiger partial charge in [0.1, 0.15) is 5.84 Å². The summed E-state index contributed by atoms with van der Waals surface area (Å²) in [6.07, 6.45) is 0. The van der Waals surface area contributed by atoms with Crippen molar-refractivity contribution in [3.05, 3.63) is 30.1 Å². The maximum Gasteiger partial charge on any atom is 0.172 e. The Labute approximate surface area is 103 Å². The molecule has 88 valence electrons. The van der Waals surface area contributed by atoms with E-state index in [1.807, 2.05) is 24.3 Å². The van der Waals surface area contributed by atoms with Crippen LogP contribution in [0.15, 0.2) is 29.3 Å². The average Bonchev–Trinajstić information content (AvgIpc) is 2.77. The standard InChI is InChI=1S/C10H11ClN6/c1-7-14-16-17(15-7)9-4-2-8(3-5-9)13-10(12)6-11/h2-5H,6H2,1H3,(H2,12,13). The van der Waals surface area contributed by atoms with Crippen molar-refractivity contribution in [3.63, 3.8) is 0 Å². The van der Waals surface area contributed by atoms with E-state index in [0.29, 0.717) is 11.7 Å². The summed E-state index contributed by atoms with van der Waals surface area (Å²) in [5.74, 6) is 1.22. The van der Waals surface area contributed by atoms with Gasteiger partial charge < -0.3 is 5.73 Å². The summed E-state index contributed by atoms with van der Waals surface area (Å²) in [6, 6.07) is 7.30. The Balaban J connectivity index is 2.24. The maximum atomic E-state index is 5.54. The van der Waals surface area contributed by atoms with Gasteiger partial charge in [0.2, 0.25) is 0 Å². The number of aromatic nitrogens is 4. The fraction of sp³-hybridized carbons (Fsp3) is 0.200. The SMILES string of the molecule is Cc1nnn(-c2ccc(N=C(N)CCl)cc2)n1. The number of hydrogen-bond acceptors (Lipinski definition) is 4. The summed E-state index contributed by atoms with van der Waals surface area (Å²) >= 11 is 5.54. The number of nitrogens with zero attached hydrogens (tertiary/aromatic N) is 5. The zero-order chi connectivity index (χ0) is 12.3. The van der Waals surface area contributed by atoms with Crippen LogP contribution in [-0.4, -0.2) is 31.9 Å². The van der Waals surface area contributed by atoms with Crippen molar-refractivity contribution in [2.24, 2.45) is 10.7 Å². The molecule has 1 aromatic heterocycles. The highest BCUT2D eigenvalue weighted by Crippen LogP contribution is 2.14. The van der Waals surface area contributed by atoms with E-state index in [9.17, 15) is 0 Å². The minimum absolute atomic E-state index is 0.214. The largest absolute Gasteiger partial charge is 0.386 e. The van der Waals surface area contributed by atoms with Crippen molar-refractivity contribution in [3.8, 4) is 5.69 Å². The lowest BCUT2D eigenvalue weighted by Crippen LogP contribution is -2.12. The molecule has 0 saturated heterocycles. The van der Waals surface area contributed by atoms with Crippen LogP contribution in [0.2, 0.25) is 0 Å². The lowest BCUT2D eigenvalue weighted by molar-refractivity contribution is 0.719. The first-order valence-electron chi connectivity index (χ1n) is 4.95. The summed E-state index contributed by atoms with van der Waals surface area (Å²) in [5, 5.41) is 11.8. The summed E-state index contributed by atoms with van der Waals surface area (Å²) in [4.78, 5) is 5.57. The van der Waals surface area contributed by atoms with Crippen LogP contribution in [0.1, 0.15) is 5.82 Å². The van der Waals surface area contributed by atoms with Crippen molar-refractivity contribution in [1.29, 1.82) is 0 Å². The number of rotatable bonds is 3. The third kappa shape index (κ3) is 2.79. The first-order chi connectivity index (χ1) is 8.19. The monoisotopic (exact) mass is 250 g/mol. The highest BCUT2D eigenvalue weighted by molar-refractivity contribution is 6.28. The molecular formula is C10H11ClN6. The third-order valence-electron chi connectivity index (χ3n) is 2.00. The Hall–Kier alpha value is -1.95. The van der Waals surface area contributed by atoms with Crippen molar-refractivity contribution < 1.29 is 0 Å². The van der Waals surface area contributed by atoms with Gasteiger partial charge in [-0.25, -0.2) is 4.99 Å². The van der Waals surface area contributed by atoms with Crippen LogP contribution >= 0.6 is 11.6 Å². The predicted octanol–water partition coefficient (Wildman–Crippen LogP) is 1.20. The van der Waals surface area contributed by atoms with E-state index in [1.165, 1.54) is 4.80 Å². The Morgan fingerprint density at radius 2 is 2.12 bits per heavy atom. The number of nitrogens with two attached hydrogens (primary N) is 1. The molecule has 0 atom stereocenters. The lowest BCUT2D eigenvalue weighted by Gasteiger charge is -1.99. The van der Waals surface area contributed by atoms with E-state index in [4.69, 9.17) is 17.3 Å².